The maximum absolute atomic E-state index is 12.8. The van der Waals surface area contributed by atoms with Crippen LogP contribution < -0.4 is 29.2 Å². The van der Waals surface area contributed by atoms with Crippen molar-refractivity contribution in [3.8, 4) is 23.0 Å². The number of rotatable bonds is 5. The van der Waals surface area contributed by atoms with Crippen LogP contribution in [0.3, 0.4) is 0 Å². The van der Waals surface area contributed by atoms with Gasteiger partial charge in [-0.3, -0.25) is 9.59 Å². The highest BCUT2D eigenvalue weighted by Gasteiger charge is 2.36. The van der Waals surface area contributed by atoms with Gasteiger partial charge in [-0.15, -0.1) is 0 Å². The number of benzene rings is 2. The number of anilines is 2. The molecule has 4 rings (SSSR count). The number of hydrogen-bond donors (Lipinski definition) is 1. The molecule has 2 aromatic carbocycles. The van der Waals surface area contributed by atoms with Gasteiger partial charge in [-0.2, -0.15) is 0 Å². The average Bonchev–Trinajstić information content (AvgIpc) is 3.33. The van der Waals surface area contributed by atoms with E-state index in [4.69, 9.17) is 18.9 Å². The molecule has 2 aliphatic heterocycles. The summed E-state index contributed by atoms with van der Waals surface area (Å²) < 4.78 is 21.2. The Bertz CT molecular complexity index is 929. The molecule has 0 aromatic heterocycles. The van der Waals surface area contributed by atoms with E-state index in [1.54, 1.807) is 48.4 Å². The first kappa shape index (κ1) is 18.0. The molecular formula is C20H20N2O6. The molecule has 1 saturated heterocycles. The van der Waals surface area contributed by atoms with Crippen LogP contribution in [-0.2, 0) is 9.59 Å². The van der Waals surface area contributed by atoms with Crippen LogP contribution in [0.25, 0.3) is 0 Å². The van der Waals surface area contributed by atoms with Crippen LogP contribution in [-0.4, -0.2) is 39.4 Å². The zero-order valence-corrected chi connectivity index (χ0v) is 15.6. The topological polar surface area (TPSA) is 86.3 Å². The van der Waals surface area contributed by atoms with E-state index < -0.39 is 5.92 Å². The van der Waals surface area contributed by atoms with E-state index >= 15 is 0 Å². The SMILES string of the molecule is COc1ccc(OC)c(NC(=O)C2CC(=O)N(c3ccc4c(c3)OCO4)C2)c1. The van der Waals surface area contributed by atoms with E-state index in [0.717, 1.165) is 0 Å². The van der Waals surface area contributed by atoms with Gasteiger partial charge in [0.1, 0.15) is 11.5 Å². The molecule has 1 N–H and O–H groups in total. The van der Waals surface area contributed by atoms with Crippen LogP contribution in [0.4, 0.5) is 11.4 Å². The molecule has 1 fully saturated rings. The maximum atomic E-state index is 12.8. The molecule has 8 heteroatoms. The largest absolute Gasteiger partial charge is 0.497 e. The molecule has 146 valence electrons. The minimum absolute atomic E-state index is 0.114. The molecule has 0 saturated carbocycles. The van der Waals surface area contributed by atoms with Crippen molar-refractivity contribution in [2.24, 2.45) is 5.92 Å². The highest BCUT2D eigenvalue weighted by atomic mass is 16.7. The van der Waals surface area contributed by atoms with Gasteiger partial charge in [-0.1, -0.05) is 0 Å². The third-order valence-corrected chi connectivity index (χ3v) is 4.83. The van der Waals surface area contributed by atoms with Crippen LogP contribution in [0, 0.1) is 5.92 Å². The average molecular weight is 384 g/mol. The highest BCUT2D eigenvalue weighted by Crippen LogP contribution is 2.37. The third-order valence-electron chi connectivity index (χ3n) is 4.83. The highest BCUT2D eigenvalue weighted by molar-refractivity contribution is 6.04. The summed E-state index contributed by atoms with van der Waals surface area (Å²) >= 11 is 0. The second-order valence-electron chi connectivity index (χ2n) is 6.50. The number of carbonyl (C=O) groups is 2. The lowest BCUT2D eigenvalue weighted by molar-refractivity contribution is -0.122. The number of methoxy groups -OCH3 is 2. The fourth-order valence-corrected chi connectivity index (χ4v) is 3.33. The van der Waals surface area contributed by atoms with Crippen molar-refractivity contribution < 1.29 is 28.5 Å². The summed E-state index contributed by atoms with van der Waals surface area (Å²) in [6.45, 7) is 0.455. The molecule has 0 radical (unpaired) electrons. The van der Waals surface area contributed by atoms with Crippen molar-refractivity contribution in [2.75, 3.05) is 37.8 Å². The predicted molar refractivity (Wildman–Crippen MR) is 101 cm³/mol. The van der Waals surface area contributed by atoms with Crippen LogP contribution in [0.1, 0.15) is 6.42 Å². The van der Waals surface area contributed by atoms with Crippen LogP contribution >= 0.6 is 0 Å². The van der Waals surface area contributed by atoms with Crippen molar-refractivity contribution in [3.63, 3.8) is 0 Å². The molecule has 0 bridgehead atoms. The summed E-state index contributed by atoms with van der Waals surface area (Å²) in [5.41, 5.74) is 1.18. The Hall–Kier alpha value is -3.42. The maximum Gasteiger partial charge on any atom is 0.231 e. The fraction of sp³-hybridized carbons (Fsp3) is 0.300. The predicted octanol–water partition coefficient (Wildman–Crippen LogP) is 2.42. The van der Waals surface area contributed by atoms with Gasteiger partial charge in [0.15, 0.2) is 11.5 Å². The number of nitrogens with zero attached hydrogens (tertiary/aromatic N) is 1. The standard InChI is InChI=1S/C20H20N2O6/c1-25-14-4-6-16(26-2)15(9-14)21-20(24)12-7-19(23)22(10-12)13-3-5-17-18(8-13)28-11-27-17/h3-6,8-9,12H,7,10-11H2,1-2H3,(H,21,24). The van der Waals surface area contributed by atoms with Crippen molar-refractivity contribution in [1.29, 1.82) is 0 Å². The zero-order chi connectivity index (χ0) is 19.7. The Balaban J connectivity index is 1.49. The molecule has 8 nitrogen and oxygen atoms in total. The van der Waals surface area contributed by atoms with Gasteiger partial charge in [0.2, 0.25) is 18.6 Å². The van der Waals surface area contributed by atoms with E-state index in [9.17, 15) is 9.59 Å². The van der Waals surface area contributed by atoms with Gasteiger partial charge in [-0.05, 0) is 24.3 Å². The first-order valence-electron chi connectivity index (χ1n) is 8.82. The normalized spacial score (nSPS) is 17.6. The molecule has 2 heterocycles. The monoisotopic (exact) mass is 384 g/mol. The number of carbonyl (C=O) groups excluding carboxylic acids is 2. The molecule has 2 amide bonds. The first-order valence-corrected chi connectivity index (χ1v) is 8.82. The summed E-state index contributed by atoms with van der Waals surface area (Å²) in [6, 6.07) is 10.5. The van der Waals surface area contributed by atoms with E-state index in [1.165, 1.54) is 7.11 Å². The molecule has 2 aliphatic rings. The molecule has 28 heavy (non-hydrogen) atoms. The van der Waals surface area contributed by atoms with Crippen molar-refractivity contribution in [2.45, 2.75) is 6.42 Å². The Morgan fingerprint density at radius 3 is 2.71 bits per heavy atom. The molecular weight excluding hydrogens is 364 g/mol. The molecule has 0 spiro atoms. The smallest absolute Gasteiger partial charge is 0.231 e. The van der Waals surface area contributed by atoms with Crippen LogP contribution in [0.5, 0.6) is 23.0 Å². The fourth-order valence-electron chi connectivity index (χ4n) is 3.33. The van der Waals surface area contributed by atoms with E-state index in [-0.39, 0.29) is 31.6 Å². The van der Waals surface area contributed by atoms with Gasteiger partial charge in [0.05, 0.1) is 25.8 Å². The molecule has 1 unspecified atom stereocenters. The summed E-state index contributed by atoms with van der Waals surface area (Å²) in [7, 11) is 3.07. The zero-order valence-electron chi connectivity index (χ0n) is 15.6. The van der Waals surface area contributed by atoms with Crippen molar-refractivity contribution in [1.82, 2.24) is 0 Å². The Morgan fingerprint density at radius 2 is 1.93 bits per heavy atom. The lowest BCUT2D eigenvalue weighted by atomic mass is 10.1. The molecule has 0 aliphatic carbocycles. The second kappa shape index (κ2) is 7.30. The summed E-state index contributed by atoms with van der Waals surface area (Å²) in [6.07, 6.45) is 0.132. The van der Waals surface area contributed by atoms with E-state index in [1.807, 2.05) is 0 Å². The molecule has 1 atom stereocenters. The number of nitrogens with one attached hydrogen (secondary N) is 1. The minimum Gasteiger partial charge on any atom is -0.497 e. The summed E-state index contributed by atoms with van der Waals surface area (Å²) in [4.78, 5) is 26.8. The lowest BCUT2D eigenvalue weighted by Crippen LogP contribution is -2.28. The van der Waals surface area contributed by atoms with Gasteiger partial charge in [0.25, 0.3) is 0 Å². The number of amides is 2. The van der Waals surface area contributed by atoms with E-state index in [0.29, 0.717) is 34.4 Å². The van der Waals surface area contributed by atoms with Crippen molar-refractivity contribution >= 4 is 23.2 Å². The second-order valence-corrected chi connectivity index (χ2v) is 6.50. The Morgan fingerprint density at radius 1 is 1.11 bits per heavy atom. The van der Waals surface area contributed by atoms with Gasteiger partial charge in [0, 0.05) is 30.8 Å². The Kier molecular flexibility index (Phi) is 4.68. The number of ether oxygens (including phenoxy) is 4. The van der Waals surface area contributed by atoms with Crippen molar-refractivity contribution in [3.05, 3.63) is 36.4 Å². The first-order chi connectivity index (χ1) is 13.6. The number of fused-ring (bicyclic) bond motifs is 1. The lowest BCUT2D eigenvalue weighted by Gasteiger charge is -2.17. The van der Waals surface area contributed by atoms with E-state index in [2.05, 4.69) is 5.32 Å². The third kappa shape index (κ3) is 3.28. The minimum atomic E-state index is -0.478. The summed E-state index contributed by atoms with van der Waals surface area (Å²) in [5, 5.41) is 2.84. The van der Waals surface area contributed by atoms with Gasteiger partial charge in [-0.25, -0.2) is 0 Å². The van der Waals surface area contributed by atoms with Crippen LogP contribution in [0.2, 0.25) is 0 Å². The number of hydrogen-bond acceptors (Lipinski definition) is 6. The Labute approximate surface area is 161 Å². The quantitative estimate of drug-likeness (QED) is 0.852. The summed E-state index contributed by atoms with van der Waals surface area (Å²) in [5.74, 6) is 1.52. The van der Waals surface area contributed by atoms with Gasteiger partial charge < -0.3 is 29.2 Å². The van der Waals surface area contributed by atoms with Crippen LogP contribution in [0.15, 0.2) is 36.4 Å². The van der Waals surface area contributed by atoms with Gasteiger partial charge >= 0.3 is 0 Å². The molecule has 2 aromatic rings.